The number of hydrogen-bond acceptors (Lipinski definition) is 3. The van der Waals surface area contributed by atoms with Crippen molar-refractivity contribution in [1.82, 2.24) is 0 Å². The first-order chi connectivity index (χ1) is 8.65. The second-order valence-corrected chi connectivity index (χ2v) is 7.25. The smallest absolute Gasteiger partial charge is 0.197 e. The Morgan fingerprint density at radius 1 is 1.39 bits per heavy atom. The lowest BCUT2D eigenvalue weighted by Gasteiger charge is -2.07. The van der Waals surface area contributed by atoms with Gasteiger partial charge in [-0.05, 0) is 46.4 Å². The van der Waals surface area contributed by atoms with Gasteiger partial charge < -0.3 is 4.74 Å². The van der Waals surface area contributed by atoms with Crippen LogP contribution in [0.25, 0.3) is 0 Å². The topological polar surface area (TPSA) is 26.3 Å². The second-order valence-electron chi connectivity index (χ2n) is 4.01. The van der Waals surface area contributed by atoms with Gasteiger partial charge in [-0.1, -0.05) is 11.6 Å². The number of benzene rings is 1. The van der Waals surface area contributed by atoms with Gasteiger partial charge in [0.05, 0.1) is 15.1 Å². The molecule has 0 atom stereocenters. The average Bonchev–Trinajstić information content (AvgIpc) is 2.95. The monoisotopic (exact) mass is 390 g/mol. The van der Waals surface area contributed by atoms with E-state index in [1.165, 1.54) is 0 Å². The molecule has 2 aromatic rings. The van der Waals surface area contributed by atoms with Gasteiger partial charge in [-0.2, -0.15) is 0 Å². The van der Waals surface area contributed by atoms with Gasteiger partial charge >= 0.3 is 0 Å². The number of ether oxygens (including phenoxy) is 1. The average molecular weight is 391 g/mol. The van der Waals surface area contributed by atoms with Crippen LogP contribution >= 0.6 is 45.5 Å². The van der Waals surface area contributed by atoms with Crippen molar-refractivity contribution < 1.29 is 9.53 Å². The summed E-state index contributed by atoms with van der Waals surface area (Å²) in [4.78, 5) is 12.4. The Morgan fingerprint density at radius 3 is 2.94 bits per heavy atom. The Bertz CT molecular complexity index is 636. The SMILES string of the molecule is O=C(c1csc(I)c1)c1cc(Cl)cc2c1OCC2. The highest BCUT2D eigenvalue weighted by Crippen LogP contribution is 2.34. The summed E-state index contributed by atoms with van der Waals surface area (Å²) in [6.45, 7) is 0.622. The zero-order valence-electron chi connectivity index (χ0n) is 9.20. The predicted octanol–water partition coefficient (Wildman–Crippen LogP) is 4.17. The molecule has 0 unspecified atom stereocenters. The van der Waals surface area contributed by atoms with E-state index < -0.39 is 0 Å². The number of ketones is 1. The van der Waals surface area contributed by atoms with E-state index in [0.29, 0.717) is 28.5 Å². The Balaban J connectivity index is 2.10. The molecular formula is C13H8ClIO2S. The van der Waals surface area contributed by atoms with Gasteiger partial charge in [-0.25, -0.2) is 0 Å². The summed E-state index contributed by atoms with van der Waals surface area (Å²) in [6, 6.07) is 5.45. The summed E-state index contributed by atoms with van der Waals surface area (Å²) in [7, 11) is 0. The molecule has 1 aliphatic heterocycles. The van der Waals surface area contributed by atoms with E-state index >= 15 is 0 Å². The summed E-state index contributed by atoms with van der Waals surface area (Å²) >= 11 is 9.82. The number of fused-ring (bicyclic) bond motifs is 1. The molecule has 2 heterocycles. The van der Waals surface area contributed by atoms with Crippen LogP contribution in [0.5, 0.6) is 5.75 Å². The van der Waals surface area contributed by atoms with E-state index in [-0.39, 0.29) is 5.78 Å². The van der Waals surface area contributed by atoms with Crippen LogP contribution in [0, 0.1) is 2.88 Å². The molecule has 0 saturated heterocycles. The fraction of sp³-hybridized carbons (Fsp3) is 0.154. The number of carbonyl (C=O) groups excluding carboxylic acids is 1. The molecule has 0 bridgehead atoms. The van der Waals surface area contributed by atoms with Crippen LogP contribution in [0.3, 0.4) is 0 Å². The first-order valence-electron chi connectivity index (χ1n) is 5.39. The number of halogens is 2. The van der Waals surface area contributed by atoms with E-state index in [0.717, 1.165) is 14.9 Å². The molecule has 1 aromatic heterocycles. The molecule has 5 heteroatoms. The lowest BCUT2D eigenvalue weighted by molar-refractivity contribution is 0.103. The summed E-state index contributed by atoms with van der Waals surface area (Å²) in [6.07, 6.45) is 0.817. The van der Waals surface area contributed by atoms with Crippen LogP contribution in [0.1, 0.15) is 21.5 Å². The maximum Gasteiger partial charge on any atom is 0.197 e. The minimum atomic E-state index is -0.0187. The zero-order chi connectivity index (χ0) is 12.7. The molecule has 0 amide bonds. The van der Waals surface area contributed by atoms with Crippen LogP contribution in [0.2, 0.25) is 5.02 Å². The molecule has 0 aliphatic carbocycles. The molecule has 0 N–H and O–H groups in total. The van der Waals surface area contributed by atoms with Gasteiger partial charge in [0.25, 0.3) is 0 Å². The van der Waals surface area contributed by atoms with Crippen molar-refractivity contribution in [1.29, 1.82) is 0 Å². The maximum atomic E-state index is 12.4. The van der Waals surface area contributed by atoms with E-state index in [2.05, 4.69) is 22.6 Å². The van der Waals surface area contributed by atoms with E-state index in [1.54, 1.807) is 17.4 Å². The lowest BCUT2D eigenvalue weighted by Crippen LogP contribution is -2.02. The van der Waals surface area contributed by atoms with Gasteiger partial charge in [0, 0.05) is 22.4 Å². The molecular weight excluding hydrogens is 383 g/mol. The van der Waals surface area contributed by atoms with Crippen molar-refractivity contribution in [2.45, 2.75) is 6.42 Å². The van der Waals surface area contributed by atoms with Gasteiger partial charge in [0.2, 0.25) is 0 Å². The van der Waals surface area contributed by atoms with E-state index in [9.17, 15) is 4.79 Å². The fourth-order valence-corrected chi connectivity index (χ4v) is 3.59. The summed E-state index contributed by atoms with van der Waals surface area (Å²) in [5.41, 5.74) is 2.30. The van der Waals surface area contributed by atoms with Crippen molar-refractivity contribution in [2.75, 3.05) is 6.61 Å². The highest BCUT2D eigenvalue weighted by molar-refractivity contribution is 14.1. The Kier molecular flexibility index (Phi) is 3.34. The van der Waals surface area contributed by atoms with Crippen molar-refractivity contribution >= 4 is 51.3 Å². The zero-order valence-corrected chi connectivity index (χ0v) is 12.9. The number of rotatable bonds is 2. The predicted molar refractivity (Wildman–Crippen MR) is 81.1 cm³/mol. The highest BCUT2D eigenvalue weighted by Gasteiger charge is 2.23. The third-order valence-corrected chi connectivity index (χ3v) is 4.83. The first-order valence-corrected chi connectivity index (χ1v) is 7.73. The lowest BCUT2D eigenvalue weighted by atomic mass is 10.0. The van der Waals surface area contributed by atoms with Crippen molar-refractivity contribution in [3.8, 4) is 5.75 Å². The molecule has 3 rings (SSSR count). The van der Waals surface area contributed by atoms with Crippen molar-refractivity contribution in [3.05, 3.63) is 48.2 Å². The number of hydrogen-bond donors (Lipinski definition) is 0. The van der Waals surface area contributed by atoms with Gasteiger partial charge in [0.15, 0.2) is 5.78 Å². The number of thiophene rings is 1. The van der Waals surface area contributed by atoms with Crippen molar-refractivity contribution in [3.63, 3.8) is 0 Å². The van der Waals surface area contributed by atoms with Crippen LogP contribution < -0.4 is 4.74 Å². The summed E-state index contributed by atoms with van der Waals surface area (Å²) in [5.74, 6) is 0.681. The Hall–Kier alpha value is -0.590. The first kappa shape index (κ1) is 12.4. The van der Waals surface area contributed by atoms with Crippen LogP contribution in [0.15, 0.2) is 23.6 Å². The molecule has 2 nitrogen and oxygen atoms in total. The minimum absolute atomic E-state index is 0.0187. The molecule has 1 aliphatic rings. The summed E-state index contributed by atoms with van der Waals surface area (Å²) < 4.78 is 6.65. The van der Waals surface area contributed by atoms with Crippen LogP contribution in [0.4, 0.5) is 0 Å². The standard InChI is InChI=1S/C13H8ClIO2S/c14-9-3-7-1-2-17-13(7)10(5-9)12(16)8-4-11(15)18-6-8/h3-6H,1-2H2. The van der Waals surface area contributed by atoms with Crippen molar-refractivity contribution in [2.24, 2.45) is 0 Å². The molecule has 0 fully saturated rings. The molecule has 92 valence electrons. The molecule has 0 radical (unpaired) electrons. The molecule has 1 aromatic carbocycles. The second kappa shape index (κ2) is 4.83. The fourth-order valence-electron chi connectivity index (χ4n) is 2.02. The summed E-state index contributed by atoms with van der Waals surface area (Å²) in [5, 5.41) is 2.46. The van der Waals surface area contributed by atoms with E-state index in [4.69, 9.17) is 16.3 Å². The normalized spacial score (nSPS) is 13.2. The highest BCUT2D eigenvalue weighted by atomic mass is 127. The van der Waals surface area contributed by atoms with Crippen LogP contribution in [-0.4, -0.2) is 12.4 Å². The maximum absolute atomic E-state index is 12.4. The molecule has 18 heavy (non-hydrogen) atoms. The third-order valence-electron chi connectivity index (χ3n) is 2.82. The van der Waals surface area contributed by atoms with E-state index in [1.807, 2.05) is 17.5 Å². The molecule has 0 spiro atoms. The van der Waals surface area contributed by atoms with Gasteiger partial charge in [-0.15, -0.1) is 11.3 Å². The Labute approximate surface area is 127 Å². The van der Waals surface area contributed by atoms with Crippen LogP contribution in [-0.2, 0) is 6.42 Å². The largest absolute Gasteiger partial charge is 0.492 e. The third kappa shape index (κ3) is 2.17. The quantitative estimate of drug-likeness (QED) is 0.568. The van der Waals surface area contributed by atoms with Gasteiger partial charge in [-0.3, -0.25) is 4.79 Å². The Morgan fingerprint density at radius 2 is 2.22 bits per heavy atom. The molecule has 0 saturated carbocycles. The number of carbonyl (C=O) groups is 1. The minimum Gasteiger partial charge on any atom is -0.492 e. The van der Waals surface area contributed by atoms with Gasteiger partial charge in [0.1, 0.15) is 5.75 Å².